The van der Waals surface area contributed by atoms with E-state index in [2.05, 4.69) is 5.32 Å². The smallest absolute Gasteiger partial charge is 0.348 e. The second kappa shape index (κ2) is 10.9. The lowest BCUT2D eigenvalue weighted by Gasteiger charge is -2.07. The summed E-state index contributed by atoms with van der Waals surface area (Å²) in [7, 11) is 1.50. The van der Waals surface area contributed by atoms with E-state index >= 15 is 0 Å². The van der Waals surface area contributed by atoms with Crippen LogP contribution in [0.15, 0.2) is 24.3 Å². The van der Waals surface area contributed by atoms with Gasteiger partial charge in [0.2, 0.25) is 5.91 Å². The number of ether oxygens (including phenoxy) is 3. The molecule has 0 atom stereocenters. The number of anilines is 1. The van der Waals surface area contributed by atoms with Gasteiger partial charge in [-0.25, -0.2) is 9.59 Å². The molecule has 0 spiro atoms. The normalized spacial score (nSPS) is 10.5. The van der Waals surface area contributed by atoms with Crippen molar-refractivity contribution in [2.24, 2.45) is 0 Å². The van der Waals surface area contributed by atoms with Crippen LogP contribution in [0.1, 0.15) is 38.1 Å². The first kappa shape index (κ1) is 22.9. The molecule has 0 aliphatic carbocycles. The van der Waals surface area contributed by atoms with Crippen molar-refractivity contribution in [2.45, 2.75) is 20.3 Å². The van der Waals surface area contributed by atoms with E-state index in [0.29, 0.717) is 10.6 Å². The van der Waals surface area contributed by atoms with E-state index in [1.165, 1.54) is 7.11 Å². The molecule has 0 radical (unpaired) electrons. The first-order valence-corrected chi connectivity index (χ1v) is 10.1. The number of hydrogen-bond acceptors (Lipinski definition) is 7. The van der Waals surface area contributed by atoms with Crippen LogP contribution in [-0.2, 0) is 25.4 Å². The number of carbonyl (C=O) groups excluding carboxylic acids is 3. The van der Waals surface area contributed by atoms with Crippen LogP contribution in [0, 0.1) is 6.92 Å². The van der Waals surface area contributed by atoms with Crippen molar-refractivity contribution in [3.05, 3.63) is 50.9 Å². The molecule has 29 heavy (non-hydrogen) atoms. The number of rotatable bonds is 9. The van der Waals surface area contributed by atoms with E-state index in [1.54, 1.807) is 38.1 Å². The number of benzene rings is 1. The van der Waals surface area contributed by atoms with Crippen molar-refractivity contribution >= 4 is 45.8 Å². The molecule has 2 rings (SSSR count). The first-order valence-electron chi connectivity index (χ1n) is 8.88. The van der Waals surface area contributed by atoms with Crippen molar-refractivity contribution in [2.75, 3.05) is 32.2 Å². The SMILES string of the molecule is CCOC(=O)c1c(NC(=O)Cc2ccc(Cl)cc2)sc(C(=O)OCCOC)c1C. The molecule has 1 aromatic carbocycles. The Labute approximate surface area is 177 Å². The minimum Gasteiger partial charge on any atom is -0.462 e. The van der Waals surface area contributed by atoms with Gasteiger partial charge in [0, 0.05) is 12.1 Å². The molecule has 0 saturated heterocycles. The van der Waals surface area contributed by atoms with Crippen molar-refractivity contribution in [1.29, 1.82) is 0 Å². The van der Waals surface area contributed by atoms with Crippen LogP contribution in [0.25, 0.3) is 0 Å². The molecule has 2 aromatic rings. The summed E-state index contributed by atoms with van der Waals surface area (Å²) in [4.78, 5) is 37.5. The number of methoxy groups -OCH3 is 1. The highest BCUT2D eigenvalue weighted by Crippen LogP contribution is 2.34. The molecule has 1 heterocycles. The van der Waals surface area contributed by atoms with Gasteiger partial charge in [0.05, 0.1) is 25.2 Å². The number of amides is 1. The molecule has 0 unspecified atom stereocenters. The van der Waals surface area contributed by atoms with Crippen LogP contribution in [-0.4, -0.2) is 44.8 Å². The zero-order valence-corrected chi connectivity index (χ0v) is 17.9. The number of nitrogens with one attached hydrogen (secondary N) is 1. The predicted octanol–water partition coefficient (Wildman–Crippen LogP) is 3.87. The fourth-order valence-corrected chi connectivity index (χ4v) is 3.72. The van der Waals surface area contributed by atoms with Crippen LogP contribution >= 0.6 is 22.9 Å². The van der Waals surface area contributed by atoms with E-state index in [0.717, 1.165) is 16.9 Å². The van der Waals surface area contributed by atoms with Crippen LogP contribution in [0.5, 0.6) is 0 Å². The largest absolute Gasteiger partial charge is 0.462 e. The quantitative estimate of drug-likeness (QED) is 0.471. The molecule has 1 amide bonds. The lowest BCUT2D eigenvalue weighted by molar-refractivity contribution is -0.115. The molecule has 1 N–H and O–H groups in total. The van der Waals surface area contributed by atoms with Gasteiger partial charge in [-0.2, -0.15) is 0 Å². The van der Waals surface area contributed by atoms with Gasteiger partial charge in [0.25, 0.3) is 0 Å². The minimum absolute atomic E-state index is 0.0830. The number of carbonyl (C=O) groups is 3. The second-order valence-corrected chi connectivity index (χ2v) is 7.42. The lowest BCUT2D eigenvalue weighted by atomic mass is 10.1. The standard InChI is InChI=1S/C20H22ClNO6S/c1-4-27-19(24)16-12(2)17(20(25)28-10-9-26-3)29-18(16)22-15(23)11-13-5-7-14(21)8-6-13/h5-8H,4,9-11H2,1-3H3,(H,22,23). The van der Waals surface area contributed by atoms with Gasteiger partial charge in [0.15, 0.2) is 0 Å². The van der Waals surface area contributed by atoms with Crippen molar-refractivity contribution < 1.29 is 28.6 Å². The Morgan fingerprint density at radius 2 is 1.76 bits per heavy atom. The summed E-state index contributed by atoms with van der Waals surface area (Å²) >= 11 is 6.84. The van der Waals surface area contributed by atoms with Crippen LogP contribution in [0.4, 0.5) is 5.00 Å². The number of thiophene rings is 1. The van der Waals surface area contributed by atoms with Gasteiger partial charge in [-0.05, 0) is 37.1 Å². The third-order valence-electron chi connectivity index (χ3n) is 3.86. The van der Waals surface area contributed by atoms with Gasteiger partial charge in [0.1, 0.15) is 16.5 Å². The lowest BCUT2D eigenvalue weighted by Crippen LogP contribution is -2.16. The molecular weight excluding hydrogens is 418 g/mol. The summed E-state index contributed by atoms with van der Waals surface area (Å²) in [6, 6.07) is 6.87. The highest BCUT2D eigenvalue weighted by molar-refractivity contribution is 7.18. The maximum atomic E-state index is 12.5. The molecule has 156 valence electrons. The minimum atomic E-state index is -0.612. The van der Waals surface area contributed by atoms with E-state index < -0.39 is 11.9 Å². The highest BCUT2D eigenvalue weighted by atomic mass is 35.5. The molecule has 9 heteroatoms. The molecule has 1 aromatic heterocycles. The van der Waals surface area contributed by atoms with Gasteiger partial charge in [-0.3, -0.25) is 4.79 Å². The zero-order valence-electron chi connectivity index (χ0n) is 16.4. The highest BCUT2D eigenvalue weighted by Gasteiger charge is 2.27. The fourth-order valence-electron chi connectivity index (χ4n) is 2.49. The molecule has 7 nitrogen and oxygen atoms in total. The van der Waals surface area contributed by atoms with Crippen molar-refractivity contribution in [3.63, 3.8) is 0 Å². The molecule has 0 bridgehead atoms. The molecule has 0 aliphatic heterocycles. The molecule has 0 saturated carbocycles. The third kappa shape index (κ3) is 6.28. The van der Waals surface area contributed by atoms with E-state index in [4.69, 9.17) is 25.8 Å². The van der Waals surface area contributed by atoms with E-state index in [1.807, 2.05) is 0 Å². The average Bonchev–Trinajstić information content (AvgIpc) is 3.00. The van der Waals surface area contributed by atoms with Gasteiger partial charge < -0.3 is 19.5 Å². The monoisotopic (exact) mass is 439 g/mol. The number of esters is 2. The predicted molar refractivity (Wildman–Crippen MR) is 111 cm³/mol. The Hall–Kier alpha value is -2.42. The number of hydrogen-bond donors (Lipinski definition) is 1. The summed E-state index contributed by atoms with van der Waals surface area (Å²) in [6.07, 6.45) is 0.0873. The van der Waals surface area contributed by atoms with Gasteiger partial charge in [-0.1, -0.05) is 23.7 Å². The van der Waals surface area contributed by atoms with Crippen molar-refractivity contribution in [1.82, 2.24) is 0 Å². The fraction of sp³-hybridized carbons (Fsp3) is 0.350. The Morgan fingerprint density at radius 1 is 1.07 bits per heavy atom. The van der Waals surface area contributed by atoms with Crippen LogP contribution < -0.4 is 5.32 Å². The summed E-state index contributed by atoms with van der Waals surface area (Å²) in [5.41, 5.74) is 1.31. The van der Waals surface area contributed by atoms with Crippen LogP contribution in [0.3, 0.4) is 0 Å². The summed E-state index contributed by atoms with van der Waals surface area (Å²) < 4.78 is 15.1. The van der Waals surface area contributed by atoms with E-state index in [-0.39, 0.29) is 47.6 Å². The molecule has 0 aliphatic rings. The zero-order chi connectivity index (χ0) is 21.4. The maximum absolute atomic E-state index is 12.5. The Kier molecular flexibility index (Phi) is 8.63. The Bertz CT molecular complexity index is 878. The molecule has 0 fully saturated rings. The first-order chi connectivity index (χ1) is 13.9. The summed E-state index contributed by atoms with van der Waals surface area (Å²) in [5.74, 6) is -1.54. The van der Waals surface area contributed by atoms with Gasteiger partial charge >= 0.3 is 11.9 Å². The summed E-state index contributed by atoms with van der Waals surface area (Å²) in [5, 5.41) is 3.53. The summed E-state index contributed by atoms with van der Waals surface area (Å²) in [6.45, 7) is 3.80. The van der Waals surface area contributed by atoms with Crippen LogP contribution in [0.2, 0.25) is 5.02 Å². The van der Waals surface area contributed by atoms with Crippen molar-refractivity contribution in [3.8, 4) is 0 Å². The van der Waals surface area contributed by atoms with E-state index in [9.17, 15) is 14.4 Å². The Balaban J connectivity index is 2.24. The molecular formula is C20H22ClNO6S. The van der Waals surface area contributed by atoms with Gasteiger partial charge in [-0.15, -0.1) is 11.3 Å². The Morgan fingerprint density at radius 3 is 2.38 bits per heavy atom. The maximum Gasteiger partial charge on any atom is 0.348 e. The second-order valence-electron chi connectivity index (χ2n) is 5.96. The topological polar surface area (TPSA) is 90.9 Å². The average molecular weight is 440 g/mol. The number of halogens is 1. The third-order valence-corrected chi connectivity index (χ3v) is 5.30.